The largest absolute Gasteiger partial charge is 0.454 e. The number of halogens is 1. The number of carbonyl (C=O) groups excluding carboxylic acids is 1. The first-order chi connectivity index (χ1) is 13.0. The number of nitrogens with zero attached hydrogens (tertiary/aromatic N) is 2. The van der Waals surface area contributed by atoms with E-state index in [-0.39, 0.29) is 12.7 Å². The van der Waals surface area contributed by atoms with E-state index in [0.717, 1.165) is 27.6 Å². The summed E-state index contributed by atoms with van der Waals surface area (Å²) in [5, 5.41) is 1.48. The van der Waals surface area contributed by atoms with Crippen LogP contribution in [0.4, 0.5) is 0 Å². The van der Waals surface area contributed by atoms with Crippen LogP contribution >= 0.6 is 22.9 Å². The summed E-state index contributed by atoms with van der Waals surface area (Å²) in [6, 6.07) is 13.2. The third kappa shape index (κ3) is 3.63. The van der Waals surface area contributed by atoms with Gasteiger partial charge in [-0.2, -0.15) is 0 Å². The highest BCUT2D eigenvalue weighted by molar-refractivity contribution is 7.17. The van der Waals surface area contributed by atoms with E-state index in [9.17, 15) is 4.79 Å². The van der Waals surface area contributed by atoms with Crippen LogP contribution in [0.5, 0.6) is 11.5 Å². The van der Waals surface area contributed by atoms with Gasteiger partial charge in [0, 0.05) is 24.2 Å². The molecule has 1 aliphatic heterocycles. The van der Waals surface area contributed by atoms with Crippen LogP contribution in [0.2, 0.25) is 5.02 Å². The number of aromatic nitrogens is 1. The maximum atomic E-state index is 12.9. The summed E-state index contributed by atoms with van der Waals surface area (Å²) in [4.78, 5) is 19.8. The van der Waals surface area contributed by atoms with Crippen LogP contribution in [0.15, 0.2) is 42.5 Å². The van der Waals surface area contributed by atoms with Crippen LogP contribution in [-0.4, -0.2) is 29.6 Å². The van der Waals surface area contributed by atoms with Gasteiger partial charge in [-0.1, -0.05) is 29.8 Å². The minimum absolute atomic E-state index is 0.0529. The van der Waals surface area contributed by atoms with E-state index >= 15 is 0 Å². The molecule has 2 aromatic carbocycles. The summed E-state index contributed by atoms with van der Waals surface area (Å²) in [5.74, 6) is 1.40. The van der Waals surface area contributed by atoms with Gasteiger partial charge < -0.3 is 14.4 Å². The van der Waals surface area contributed by atoms with Crippen molar-refractivity contribution in [2.75, 3.05) is 13.8 Å². The van der Waals surface area contributed by atoms with Gasteiger partial charge in [0.25, 0.3) is 5.91 Å². The molecule has 0 aliphatic carbocycles. The van der Waals surface area contributed by atoms with E-state index in [0.29, 0.717) is 22.2 Å². The molecule has 27 heavy (non-hydrogen) atoms. The van der Waals surface area contributed by atoms with Gasteiger partial charge in [0.05, 0.1) is 5.69 Å². The monoisotopic (exact) mass is 400 g/mol. The van der Waals surface area contributed by atoms with Crippen molar-refractivity contribution in [1.29, 1.82) is 0 Å². The van der Waals surface area contributed by atoms with Crippen LogP contribution in [-0.2, 0) is 6.54 Å². The zero-order valence-corrected chi connectivity index (χ0v) is 16.4. The molecule has 7 heteroatoms. The maximum absolute atomic E-state index is 12.9. The fourth-order valence-corrected chi connectivity index (χ4v) is 4.06. The van der Waals surface area contributed by atoms with Gasteiger partial charge in [0.1, 0.15) is 9.88 Å². The normalized spacial score (nSPS) is 12.3. The number of thiazole rings is 1. The van der Waals surface area contributed by atoms with E-state index < -0.39 is 0 Å². The molecule has 5 nitrogen and oxygen atoms in total. The lowest BCUT2D eigenvalue weighted by Crippen LogP contribution is -2.26. The van der Waals surface area contributed by atoms with Gasteiger partial charge in [-0.3, -0.25) is 4.79 Å². The summed E-state index contributed by atoms with van der Waals surface area (Å²) in [6.45, 7) is 2.57. The molecule has 2 heterocycles. The van der Waals surface area contributed by atoms with Crippen LogP contribution in [0.25, 0.3) is 10.6 Å². The smallest absolute Gasteiger partial charge is 0.265 e. The molecule has 0 unspecified atom stereocenters. The quantitative estimate of drug-likeness (QED) is 0.632. The van der Waals surface area contributed by atoms with Crippen molar-refractivity contribution >= 4 is 28.8 Å². The number of carbonyl (C=O) groups is 1. The molecule has 0 saturated heterocycles. The van der Waals surface area contributed by atoms with Crippen LogP contribution in [0.1, 0.15) is 20.9 Å². The number of amides is 1. The molecule has 138 valence electrons. The first-order valence-electron chi connectivity index (χ1n) is 8.38. The molecule has 0 radical (unpaired) electrons. The Morgan fingerprint density at radius 1 is 1.19 bits per heavy atom. The number of aryl methyl sites for hydroxylation is 1. The Labute approximate surface area is 166 Å². The number of rotatable bonds is 4. The van der Waals surface area contributed by atoms with Crippen molar-refractivity contribution < 1.29 is 14.3 Å². The third-order valence-corrected chi connectivity index (χ3v) is 5.73. The fraction of sp³-hybridized carbons (Fsp3) is 0.200. The molecular formula is C20H17ClN2O3S. The maximum Gasteiger partial charge on any atom is 0.265 e. The average molecular weight is 401 g/mol. The molecule has 3 aromatic rings. The molecule has 1 aliphatic rings. The third-order valence-electron chi connectivity index (χ3n) is 4.29. The molecule has 0 bridgehead atoms. The Morgan fingerprint density at radius 2 is 1.93 bits per heavy atom. The van der Waals surface area contributed by atoms with Gasteiger partial charge >= 0.3 is 0 Å². The van der Waals surface area contributed by atoms with Crippen LogP contribution in [0.3, 0.4) is 0 Å². The molecule has 4 rings (SSSR count). The van der Waals surface area contributed by atoms with Gasteiger partial charge in [-0.15, -0.1) is 11.3 Å². The number of hydrogen-bond acceptors (Lipinski definition) is 5. The van der Waals surface area contributed by atoms with Gasteiger partial charge in [-0.05, 0) is 36.8 Å². The Morgan fingerprint density at radius 3 is 2.70 bits per heavy atom. The van der Waals surface area contributed by atoms with Crippen molar-refractivity contribution in [2.45, 2.75) is 13.5 Å². The minimum Gasteiger partial charge on any atom is -0.454 e. The summed E-state index contributed by atoms with van der Waals surface area (Å²) < 4.78 is 10.7. The number of fused-ring (bicyclic) bond motifs is 1. The Bertz CT molecular complexity index is 1000. The zero-order valence-electron chi connectivity index (χ0n) is 14.9. The van der Waals surface area contributed by atoms with E-state index in [1.54, 1.807) is 11.9 Å². The lowest BCUT2D eigenvalue weighted by atomic mass is 10.2. The minimum atomic E-state index is -0.0529. The summed E-state index contributed by atoms with van der Waals surface area (Å²) in [6.07, 6.45) is 0. The highest BCUT2D eigenvalue weighted by Gasteiger charge is 2.21. The van der Waals surface area contributed by atoms with E-state index in [2.05, 4.69) is 4.98 Å². The second-order valence-corrected chi connectivity index (χ2v) is 7.72. The molecule has 0 fully saturated rings. The molecule has 0 atom stereocenters. The molecule has 1 amide bonds. The number of hydrogen-bond donors (Lipinski definition) is 0. The standard InChI is InChI=1S/C20H17ClN2O3S/c1-12-18(27-19(22-12)14-4-6-15(21)7-5-14)20(24)23(2)10-13-3-8-16-17(9-13)26-11-25-16/h3-9H,10-11H2,1-2H3. The SMILES string of the molecule is Cc1nc(-c2ccc(Cl)cc2)sc1C(=O)N(C)Cc1ccc2c(c1)OCO2. The average Bonchev–Trinajstić information content (AvgIpc) is 3.27. The molecule has 0 saturated carbocycles. The first kappa shape index (κ1) is 17.8. The zero-order chi connectivity index (χ0) is 19.0. The highest BCUT2D eigenvalue weighted by Crippen LogP contribution is 2.33. The van der Waals surface area contributed by atoms with E-state index in [1.165, 1.54) is 11.3 Å². The molecule has 0 spiro atoms. The fourth-order valence-electron chi connectivity index (χ4n) is 2.87. The highest BCUT2D eigenvalue weighted by atomic mass is 35.5. The summed E-state index contributed by atoms with van der Waals surface area (Å²) in [5.41, 5.74) is 2.66. The van der Waals surface area contributed by atoms with E-state index in [4.69, 9.17) is 21.1 Å². The number of benzene rings is 2. The Kier molecular flexibility index (Phi) is 4.76. The van der Waals surface area contributed by atoms with Crippen LogP contribution in [0, 0.1) is 6.92 Å². The van der Waals surface area contributed by atoms with Crippen molar-refractivity contribution in [3.05, 3.63) is 63.6 Å². The Balaban J connectivity index is 1.52. The summed E-state index contributed by atoms with van der Waals surface area (Å²) in [7, 11) is 1.79. The topological polar surface area (TPSA) is 51.7 Å². The van der Waals surface area contributed by atoms with Crippen molar-refractivity contribution in [1.82, 2.24) is 9.88 Å². The second kappa shape index (κ2) is 7.21. The van der Waals surface area contributed by atoms with Crippen molar-refractivity contribution in [3.63, 3.8) is 0 Å². The predicted octanol–water partition coefficient (Wildman–Crippen LogP) is 4.77. The van der Waals surface area contributed by atoms with E-state index in [1.807, 2.05) is 49.4 Å². The Hall–Kier alpha value is -2.57. The van der Waals surface area contributed by atoms with Gasteiger partial charge in [0.2, 0.25) is 6.79 Å². The van der Waals surface area contributed by atoms with Crippen LogP contribution < -0.4 is 9.47 Å². The summed E-state index contributed by atoms with van der Waals surface area (Å²) >= 11 is 7.34. The van der Waals surface area contributed by atoms with Gasteiger partial charge in [0.15, 0.2) is 11.5 Å². The molecule has 1 aromatic heterocycles. The molecule has 0 N–H and O–H groups in total. The second-order valence-electron chi connectivity index (χ2n) is 6.29. The lowest BCUT2D eigenvalue weighted by molar-refractivity contribution is 0.0789. The lowest BCUT2D eigenvalue weighted by Gasteiger charge is -2.16. The number of ether oxygens (including phenoxy) is 2. The van der Waals surface area contributed by atoms with Crippen molar-refractivity contribution in [2.24, 2.45) is 0 Å². The molecular weight excluding hydrogens is 384 g/mol. The van der Waals surface area contributed by atoms with Crippen molar-refractivity contribution in [3.8, 4) is 22.1 Å². The predicted molar refractivity (Wildman–Crippen MR) is 106 cm³/mol. The van der Waals surface area contributed by atoms with Gasteiger partial charge in [-0.25, -0.2) is 4.98 Å². The first-order valence-corrected chi connectivity index (χ1v) is 9.58.